The monoisotopic (exact) mass is 537 g/mol. The van der Waals surface area contributed by atoms with Gasteiger partial charge >= 0.3 is 6.61 Å². The van der Waals surface area contributed by atoms with Crippen LogP contribution in [0.2, 0.25) is 0 Å². The molecular weight excluding hydrogens is 511 g/mol. The lowest BCUT2D eigenvalue weighted by Gasteiger charge is -2.34. The maximum absolute atomic E-state index is 12.8. The van der Waals surface area contributed by atoms with Crippen molar-refractivity contribution < 1.29 is 23.0 Å². The van der Waals surface area contributed by atoms with Crippen molar-refractivity contribution in [1.82, 2.24) is 20.0 Å². The van der Waals surface area contributed by atoms with Gasteiger partial charge in [-0.2, -0.15) is 13.9 Å². The summed E-state index contributed by atoms with van der Waals surface area (Å²) in [5.74, 6) is 1.17. The van der Waals surface area contributed by atoms with Crippen molar-refractivity contribution >= 4 is 29.9 Å². The first kappa shape index (κ1) is 24.1. The highest BCUT2D eigenvalue weighted by Gasteiger charge is 2.25. The second-order valence-electron chi connectivity index (χ2n) is 6.51. The molecule has 166 valence electrons. The van der Waals surface area contributed by atoms with Crippen LogP contribution < -0.4 is 14.8 Å². The molecule has 2 aromatic rings. The highest BCUT2D eigenvalue weighted by atomic mass is 127. The van der Waals surface area contributed by atoms with E-state index >= 15 is 0 Å². The summed E-state index contributed by atoms with van der Waals surface area (Å²) in [7, 11) is 5.01. The molecule has 0 amide bonds. The Labute approximate surface area is 191 Å². The molecule has 11 heteroatoms. The predicted octanol–water partition coefficient (Wildman–Crippen LogP) is 2.80. The second-order valence-corrected chi connectivity index (χ2v) is 6.51. The number of nitrogens with zero attached hydrogens (tertiary/aromatic N) is 4. The molecule has 8 nitrogen and oxygen atoms in total. The highest BCUT2D eigenvalue weighted by Crippen LogP contribution is 2.27. The van der Waals surface area contributed by atoms with E-state index < -0.39 is 6.61 Å². The van der Waals surface area contributed by atoms with Gasteiger partial charge in [0.25, 0.3) is 0 Å². The van der Waals surface area contributed by atoms with Crippen LogP contribution in [0.4, 0.5) is 8.78 Å². The highest BCUT2D eigenvalue weighted by molar-refractivity contribution is 14.0. The van der Waals surface area contributed by atoms with E-state index in [4.69, 9.17) is 9.47 Å². The van der Waals surface area contributed by atoms with E-state index in [-0.39, 0.29) is 42.4 Å². The Morgan fingerprint density at radius 3 is 2.87 bits per heavy atom. The zero-order valence-corrected chi connectivity index (χ0v) is 19.4. The molecule has 0 radical (unpaired) electrons. The third-order valence-electron chi connectivity index (χ3n) is 4.60. The number of alkyl halides is 2. The molecule has 1 saturated heterocycles. The zero-order chi connectivity index (χ0) is 20.8. The van der Waals surface area contributed by atoms with Gasteiger partial charge in [-0.1, -0.05) is 0 Å². The first-order chi connectivity index (χ1) is 14.0. The fourth-order valence-corrected chi connectivity index (χ4v) is 3.17. The van der Waals surface area contributed by atoms with Gasteiger partial charge in [0.05, 0.1) is 26.5 Å². The largest absolute Gasteiger partial charge is 0.497 e. The van der Waals surface area contributed by atoms with Gasteiger partial charge in [0.1, 0.15) is 17.6 Å². The van der Waals surface area contributed by atoms with Gasteiger partial charge in [-0.15, -0.1) is 24.0 Å². The van der Waals surface area contributed by atoms with Crippen molar-refractivity contribution in [2.75, 3.05) is 33.9 Å². The standard InChI is InChI=1S/C19H25F2N5O3.HI/c1-22-19(26-6-7-28-17(12-26)14-10-24-25(2)11-14)23-9-13-4-5-15(27-3)8-16(13)29-18(20)21;/h4-5,8,10-11,17-18H,6-7,9,12H2,1-3H3,(H,22,23);1H. The predicted molar refractivity (Wildman–Crippen MR) is 119 cm³/mol. The van der Waals surface area contributed by atoms with Crippen LogP contribution in [0.15, 0.2) is 35.6 Å². The van der Waals surface area contributed by atoms with Crippen LogP contribution in [0.1, 0.15) is 17.2 Å². The summed E-state index contributed by atoms with van der Waals surface area (Å²) >= 11 is 0. The minimum absolute atomic E-state index is 0. The molecule has 1 atom stereocenters. The number of methoxy groups -OCH3 is 1. The smallest absolute Gasteiger partial charge is 0.387 e. The average molecular weight is 537 g/mol. The van der Waals surface area contributed by atoms with Gasteiger partial charge in [0.2, 0.25) is 0 Å². The molecule has 3 rings (SSSR count). The van der Waals surface area contributed by atoms with Crippen LogP contribution >= 0.6 is 24.0 Å². The molecule has 1 unspecified atom stereocenters. The lowest BCUT2D eigenvalue weighted by atomic mass is 10.1. The molecular formula is C19H26F2IN5O3. The Morgan fingerprint density at radius 2 is 2.23 bits per heavy atom. The van der Waals surface area contributed by atoms with Crippen molar-refractivity contribution in [3.63, 3.8) is 0 Å². The topological polar surface area (TPSA) is 73.1 Å². The molecule has 0 saturated carbocycles. The fraction of sp³-hybridized carbons (Fsp3) is 0.474. The van der Waals surface area contributed by atoms with Crippen molar-refractivity contribution in [3.8, 4) is 11.5 Å². The lowest BCUT2D eigenvalue weighted by molar-refractivity contribution is -0.0505. The number of nitrogens with one attached hydrogen (secondary N) is 1. The molecule has 1 aliphatic rings. The summed E-state index contributed by atoms with van der Waals surface area (Å²) < 4.78 is 42.8. The number of aliphatic imine (C=N–C) groups is 1. The first-order valence-corrected chi connectivity index (χ1v) is 9.17. The number of benzene rings is 1. The van der Waals surface area contributed by atoms with E-state index in [1.165, 1.54) is 13.2 Å². The minimum atomic E-state index is -2.92. The summed E-state index contributed by atoms with van der Waals surface area (Å²) in [6.07, 6.45) is 3.60. The molecule has 0 aliphatic carbocycles. The van der Waals surface area contributed by atoms with E-state index in [2.05, 4.69) is 25.0 Å². The van der Waals surface area contributed by atoms with Crippen LogP contribution in [0, 0.1) is 0 Å². The van der Waals surface area contributed by atoms with E-state index in [9.17, 15) is 8.78 Å². The van der Waals surface area contributed by atoms with Gasteiger partial charge in [-0.05, 0) is 12.1 Å². The number of hydrogen-bond donors (Lipinski definition) is 1. The number of hydrogen-bond acceptors (Lipinski definition) is 5. The van der Waals surface area contributed by atoms with Crippen LogP contribution in [0.3, 0.4) is 0 Å². The number of halogens is 3. The van der Waals surface area contributed by atoms with Gasteiger partial charge < -0.3 is 24.4 Å². The summed E-state index contributed by atoms with van der Waals surface area (Å²) in [4.78, 5) is 6.39. The number of morpholine rings is 1. The lowest BCUT2D eigenvalue weighted by Crippen LogP contribution is -2.47. The van der Waals surface area contributed by atoms with Gasteiger partial charge in [0.15, 0.2) is 5.96 Å². The maximum Gasteiger partial charge on any atom is 0.387 e. The van der Waals surface area contributed by atoms with E-state index in [0.29, 0.717) is 37.0 Å². The summed E-state index contributed by atoms with van der Waals surface area (Å²) in [5, 5.41) is 7.41. The van der Waals surface area contributed by atoms with Crippen LogP contribution in [-0.4, -0.2) is 61.1 Å². The van der Waals surface area contributed by atoms with E-state index in [1.54, 1.807) is 30.1 Å². The molecule has 1 fully saturated rings. The average Bonchev–Trinajstić information content (AvgIpc) is 3.15. The van der Waals surface area contributed by atoms with Crippen molar-refractivity contribution in [1.29, 1.82) is 0 Å². The molecule has 0 bridgehead atoms. The number of rotatable bonds is 6. The van der Waals surface area contributed by atoms with Crippen LogP contribution in [0.25, 0.3) is 0 Å². The van der Waals surface area contributed by atoms with Crippen LogP contribution in [-0.2, 0) is 18.3 Å². The third kappa shape index (κ3) is 6.17. The van der Waals surface area contributed by atoms with Crippen LogP contribution in [0.5, 0.6) is 11.5 Å². The normalized spacial score (nSPS) is 16.9. The summed E-state index contributed by atoms with van der Waals surface area (Å²) in [6.45, 7) is -0.830. The Balaban J connectivity index is 0.00000320. The van der Waals surface area contributed by atoms with Gasteiger partial charge in [-0.3, -0.25) is 9.67 Å². The number of guanidine groups is 1. The summed E-state index contributed by atoms with van der Waals surface area (Å²) in [6, 6.07) is 4.83. The van der Waals surface area contributed by atoms with E-state index in [1.807, 2.05) is 13.2 Å². The van der Waals surface area contributed by atoms with E-state index in [0.717, 1.165) is 5.56 Å². The molecule has 2 heterocycles. The molecule has 1 aromatic heterocycles. The summed E-state index contributed by atoms with van der Waals surface area (Å²) in [5.41, 5.74) is 1.57. The second kappa shape index (κ2) is 11.3. The Morgan fingerprint density at radius 1 is 1.43 bits per heavy atom. The molecule has 1 N–H and O–H groups in total. The Bertz CT molecular complexity index is 849. The number of aromatic nitrogens is 2. The van der Waals surface area contributed by atoms with Gasteiger partial charge in [0, 0.05) is 50.6 Å². The molecule has 1 aromatic carbocycles. The minimum Gasteiger partial charge on any atom is -0.497 e. The molecule has 1 aliphatic heterocycles. The SMILES string of the molecule is CN=C(NCc1ccc(OC)cc1OC(F)F)N1CCOC(c2cnn(C)c2)C1.I. The Kier molecular flexibility index (Phi) is 9.08. The Hall–Kier alpha value is -2.15. The van der Waals surface area contributed by atoms with Crippen molar-refractivity contribution in [2.24, 2.45) is 12.0 Å². The number of ether oxygens (including phenoxy) is 3. The molecule has 0 spiro atoms. The molecule has 30 heavy (non-hydrogen) atoms. The number of aryl methyl sites for hydroxylation is 1. The zero-order valence-electron chi connectivity index (χ0n) is 17.0. The maximum atomic E-state index is 12.8. The van der Waals surface area contributed by atoms with Crippen molar-refractivity contribution in [2.45, 2.75) is 19.3 Å². The third-order valence-corrected chi connectivity index (χ3v) is 4.60. The van der Waals surface area contributed by atoms with Crippen molar-refractivity contribution in [3.05, 3.63) is 41.7 Å². The van der Waals surface area contributed by atoms with Gasteiger partial charge in [-0.25, -0.2) is 0 Å². The fourth-order valence-electron chi connectivity index (χ4n) is 3.17. The quantitative estimate of drug-likeness (QED) is 0.347. The first-order valence-electron chi connectivity index (χ1n) is 9.17.